The number of nitrogens with zero attached hydrogens (tertiary/aromatic N) is 4. The zero-order chi connectivity index (χ0) is 13.8. The number of carboxylic acid groups (broad SMARTS) is 1. The molecule has 1 aromatic carbocycles. The molecule has 19 heavy (non-hydrogen) atoms. The van der Waals surface area contributed by atoms with Crippen molar-refractivity contribution in [3.8, 4) is 5.69 Å². The van der Waals surface area contributed by atoms with Crippen molar-refractivity contribution in [1.82, 2.24) is 25.5 Å². The second-order valence-corrected chi connectivity index (χ2v) is 3.83. The molecule has 1 amide bonds. The Bertz CT molecular complexity index is 579. The van der Waals surface area contributed by atoms with Gasteiger partial charge >= 0.3 is 5.97 Å². The number of hydrogen-bond acceptors (Lipinski definition) is 5. The molecule has 8 nitrogen and oxygen atoms in total. The monoisotopic (exact) mass is 261 g/mol. The molecule has 2 aromatic rings. The van der Waals surface area contributed by atoms with Gasteiger partial charge in [-0.2, -0.15) is 0 Å². The molecule has 98 valence electrons. The van der Waals surface area contributed by atoms with Gasteiger partial charge in [0.25, 0.3) is 5.91 Å². The Kier molecular flexibility index (Phi) is 3.51. The number of carbonyl (C=O) groups is 2. The summed E-state index contributed by atoms with van der Waals surface area (Å²) < 4.78 is 1.45. The van der Waals surface area contributed by atoms with Gasteiger partial charge < -0.3 is 10.4 Å². The van der Waals surface area contributed by atoms with Crippen LogP contribution in [0.25, 0.3) is 5.69 Å². The molecule has 0 aliphatic carbocycles. The molecule has 2 N–H and O–H groups in total. The smallest absolute Gasteiger partial charge is 0.325 e. The zero-order valence-corrected chi connectivity index (χ0v) is 10.0. The molecule has 1 atom stereocenters. The van der Waals surface area contributed by atoms with Gasteiger partial charge in [0.1, 0.15) is 12.4 Å². The first-order valence-corrected chi connectivity index (χ1v) is 5.45. The molecule has 1 heterocycles. The van der Waals surface area contributed by atoms with Crippen molar-refractivity contribution in [3.05, 3.63) is 36.2 Å². The molecule has 0 aliphatic heterocycles. The molecule has 0 saturated carbocycles. The van der Waals surface area contributed by atoms with Crippen molar-refractivity contribution >= 4 is 11.9 Å². The lowest BCUT2D eigenvalue weighted by molar-refractivity contribution is -0.138. The molecule has 0 spiro atoms. The molecule has 0 saturated heterocycles. The fourth-order valence-electron chi connectivity index (χ4n) is 1.39. The predicted molar refractivity (Wildman–Crippen MR) is 63.7 cm³/mol. The van der Waals surface area contributed by atoms with E-state index in [0.717, 1.165) is 0 Å². The van der Waals surface area contributed by atoms with Gasteiger partial charge in [0, 0.05) is 5.56 Å². The van der Waals surface area contributed by atoms with Crippen LogP contribution in [0.1, 0.15) is 17.3 Å². The maximum Gasteiger partial charge on any atom is 0.325 e. The van der Waals surface area contributed by atoms with Gasteiger partial charge in [-0.1, -0.05) is 0 Å². The van der Waals surface area contributed by atoms with Crippen LogP contribution < -0.4 is 5.32 Å². The number of carbonyl (C=O) groups excluding carboxylic acids is 1. The third-order valence-electron chi connectivity index (χ3n) is 2.46. The highest BCUT2D eigenvalue weighted by molar-refractivity contribution is 5.96. The van der Waals surface area contributed by atoms with Crippen molar-refractivity contribution in [3.63, 3.8) is 0 Å². The van der Waals surface area contributed by atoms with Crippen LogP contribution in [-0.2, 0) is 4.79 Å². The number of amides is 1. The second kappa shape index (κ2) is 5.25. The van der Waals surface area contributed by atoms with Gasteiger partial charge in [-0.3, -0.25) is 9.59 Å². The van der Waals surface area contributed by atoms with Gasteiger partial charge in [-0.05, 0) is 41.6 Å². The zero-order valence-electron chi connectivity index (χ0n) is 10.0. The maximum absolute atomic E-state index is 11.7. The fraction of sp³-hybridized carbons (Fsp3) is 0.182. The molecule has 8 heteroatoms. The van der Waals surface area contributed by atoms with E-state index in [-0.39, 0.29) is 0 Å². The Labute approximate surface area is 108 Å². The summed E-state index contributed by atoms with van der Waals surface area (Å²) >= 11 is 0. The lowest BCUT2D eigenvalue weighted by Gasteiger charge is -2.09. The minimum Gasteiger partial charge on any atom is -0.480 e. The molecule has 1 aromatic heterocycles. The highest BCUT2D eigenvalue weighted by Crippen LogP contribution is 2.07. The number of aliphatic carboxylic acids is 1. The Morgan fingerprint density at radius 1 is 1.32 bits per heavy atom. The number of benzene rings is 1. The van der Waals surface area contributed by atoms with Crippen LogP contribution in [0.3, 0.4) is 0 Å². The molecule has 0 bridgehead atoms. The molecular formula is C11H11N5O3. The third-order valence-corrected chi connectivity index (χ3v) is 2.46. The fourth-order valence-corrected chi connectivity index (χ4v) is 1.39. The predicted octanol–water partition coefficient (Wildman–Crippen LogP) is -0.135. The minimum atomic E-state index is -1.08. The van der Waals surface area contributed by atoms with Crippen molar-refractivity contribution in [2.75, 3.05) is 0 Å². The van der Waals surface area contributed by atoms with E-state index in [1.54, 1.807) is 24.3 Å². The Balaban J connectivity index is 2.10. The van der Waals surface area contributed by atoms with Crippen LogP contribution in [0, 0.1) is 0 Å². The largest absolute Gasteiger partial charge is 0.480 e. The van der Waals surface area contributed by atoms with Gasteiger partial charge in [0.05, 0.1) is 5.69 Å². The minimum absolute atomic E-state index is 0.366. The van der Waals surface area contributed by atoms with Crippen LogP contribution in [0.5, 0.6) is 0 Å². The van der Waals surface area contributed by atoms with Crippen LogP contribution in [0.4, 0.5) is 0 Å². The number of aromatic nitrogens is 4. The Morgan fingerprint density at radius 2 is 2.00 bits per heavy atom. The van der Waals surface area contributed by atoms with E-state index in [9.17, 15) is 9.59 Å². The van der Waals surface area contributed by atoms with Gasteiger partial charge in [0.15, 0.2) is 0 Å². The summed E-state index contributed by atoms with van der Waals surface area (Å²) in [4.78, 5) is 22.4. The standard InChI is InChI=1S/C11H11N5O3/c1-7(11(18)19)13-10(17)8-2-4-9(5-3-8)16-6-12-14-15-16/h2-7H,1H3,(H,13,17)(H,18,19)/t7-/m1/s1. The van der Waals surface area contributed by atoms with E-state index >= 15 is 0 Å². The lowest BCUT2D eigenvalue weighted by Crippen LogP contribution is -2.38. The normalized spacial score (nSPS) is 11.8. The van der Waals surface area contributed by atoms with Crippen molar-refractivity contribution in [2.24, 2.45) is 0 Å². The average Bonchev–Trinajstić information content (AvgIpc) is 2.92. The van der Waals surface area contributed by atoms with Crippen LogP contribution >= 0.6 is 0 Å². The highest BCUT2D eigenvalue weighted by atomic mass is 16.4. The van der Waals surface area contributed by atoms with Crippen molar-refractivity contribution in [2.45, 2.75) is 13.0 Å². The van der Waals surface area contributed by atoms with E-state index in [1.165, 1.54) is 17.9 Å². The highest BCUT2D eigenvalue weighted by Gasteiger charge is 2.15. The molecule has 0 fully saturated rings. The summed E-state index contributed by atoms with van der Waals surface area (Å²) in [7, 11) is 0. The number of rotatable bonds is 4. The van der Waals surface area contributed by atoms with E-state index in [0.29, 0.717) is 11.3 Å². The number of carboxylic acids is 1. The average molecular weight is 261 g/mol. The Morgan fingerprint density at radius 3 is 2.53 bits per heavy atom. The van der Waals surface area contributed by atoms with E-state index < -0.39 is 17.9 Å². The van der Waals surface area contributed by atoms with Crippen LogP contribution in [0.2, 0.25) is 0 Å². The summed E-state index contributed by atoms with van der Waals surface area (Å²) in [6, 6.07) is 5.53. The molecule has 0 unspecified atom stereocenters. The number of tetrazole rings is 1. The van der Waals surface area contributed by atoms with Crippen molar-refractivity contribution < 1.29 is 14.7 Å². The quantitative estimate of drug-likeness (QED) is 0.793. The molecule has 0 aliphatic rings. The van der Waals surface area contributed by atoms with E-state index in [2.05, 4.69) is 20.8 Å². The van der Waals surface area contributed by atoms with Gasteiger partial charge in [-0.15, -0.1) is 5.10 Å². The molecular weight excluding hydrogens is 250 g/mol. The lowest BCUT2D eigenvalue weighted by atomic mass is 10.2. The first-order chi connectivity index (χ1) is 9.08. The van der Waals surface area contributed by atoms with Gasteiger partial charge in [-0.25, -0.2) is 4.68 Å². The third kappa shape index (κ3) is 2.92. The van der Waals surface area contributed by atoms with Crippen molar-refractivity contribution in [1.29, 1.82) is 0 Å². The van der Waals surface area contributed by atoms with Crippen LogP contribution in [-0.4, -0.2) is 43.2 Å². The van der Waals surface area contributed by atoms with Crippen LogP contribution in [0.15, 0.2) is 30.6 Å². The summed E-state index contributed by atoms with van der Waals surface area (Å²) in [6.07, 6.45) is 1.43. The second-order valence-electron chi connectivity index (χ2n) is 3.83. The Hall–Kier alpha value is -2.77. The molecule has 2 rings (SSSR count). The first kappa shape index (κ1) is 12.7. The van der Waals surface area contributed by atoms with E-state index in [4.69, 9.17) is 5.11 Å². The number of nitrogens with one attached hydrogen (secondary N) is 1. The topological polar surface area (TPSA) is 110 Å². The summed E-state index contributed by atoms with van der Waals surface area (Å²) in [5.41, 5.74) is 1.07. The van der Waals surface area contributed by atoms with E-state index in [1.807, 2.05) is 0 Å². The summed E-state index contributed by atoms with van der Waals surface area (Å²) in [6.45, 7) is 1.40. The number of hydrogen-bond donors (Lipinski definition) is 2. The molecule has 0 radical (unpaired) electrons. The van der Waals surface area contributed by atoms with Gasteiger partial charge in [0.2, 0.25) is 0 Å². The SMILES string of the molecule is C[C@@H](NC(=O)c1ccc(-n2cnnn2)cc1)C(=O)O. The summed E-state index contributed by atoms with van der Waals surface area (Å²) in [5, 5.41) is 21.8. The first-order valence-electron chi connectivity index (χ1n) is 5.45. The summed E-state index contributed by atoms with van der Waals surface area (Å²) in [5.74, 6) is -1.53. The maximum atomic E-state index is 11.7.